The quantitative estimate of drug-likeness (QED) is 0.547. The van der Waals surface area contributed by atoms with Crippen molar-refractivity contribution in [1.29, 1.82) is 0 Å². The van der Waals surface area contributed by atoms with Crippen LogP contribution in [0, 0.1) is 0 Å². The zero-order chi connectivity index (χ0) is 9.54. The molecule has 0 rings (SSSR count). The highest BCUT2D eigenvalue weighted by Crippen LogP contribution is 1.47. The molecule has 0 bridgehead atoms. The maximum absolute atomic E-state index is 3.11. The zero-order valence-corrected chi connectivity index (χ0v) is 8.91. The van der Waals surface area contributed by atoms with Crippen molar-refractivity contribution < 1.29 is 0 Å². The first-order valence-electron chi connectivity index (χ1n) is 4.12. The highest BCUT2D eigenvalue weighted by atomic mass is 14.8. The van der Waals surface area contributed by atoms with E-state index in [-0.39, 0.29) is 0 Å². The Bertz CT molecular complexity index is 28.5. The molecule has 0 saturated carbocycles. The minimum absolute atomic E-state index is 1.09. The van der Waals surface area contributed by atoms with Gasteiger partial charge < -0.3 is 16.0 Å². The summed E-state index contributed by atoms with van der Waals surface area (Å²) in [5, 5.41) is 8.61. The van der Waals surface area contributed by atoms with Crippen molar-refractivity contribution in [2.45, 2.75) is 13.8 Å². The first kappa shape index (κ1) is 17.1. The molecule has 0 aromatic carbocycles. The first-order chi connectivity index (χ1) is 5.24. The largest absolute Gasteiger partial charge is 0.323 e. The molecule has 0 aliphatic heterocycles. The van der Waals surface area contributed by atoms with Crippen LogP contribution in [0.5, 0.6) is 0 Å². The van der Waals surface area contributed by atoms with Crippen molar-refractivity contribution in [3.8, 4) is 0 Å². The topological polar surface area (TPSA) is 36.1 Å². The fourth-order valence-electron chi connectivity index (χ4n) is 0.250. The van der Waals surface area contributed by atoms with Crippen LogP contribution in [-0.2, 0) is 0 Å². The van der Waals surface area contributed by atoms with E-state index >= 15 is 0 Å². The third-order valence-electron chi connectivity index (χ3n) is 0.500. The fraction of sp³-hybridized carbons (Fsp3) is 1.00. The Labute approximate surface area is 72.0 Å². The van der Waals surface area contributed by atoms with Gasteiger partial charge in [0, 0.05) is 0 Å². The van der Waals surface area contributed by atoms with Crippen LogP contribution in [0.3, 0.4) is 0 Å². The molecule has 0 aromatic heterocycles. The van der Waals surface area contributed by atoms with Gasteiger partial charge in [0.25, 0.3) is 0 Å². The summed E-state index contributed by atoms with van der Waals surface area (Å²) in [5.41, 5.74) is 0. The third-order valence-corrected chi connectivity index (χ3v) is 0.500. The Balaban J connectivity index is -0.0000000933. The maximum atomic E-state index is 3.11. The van der Waals surface area contributed by atoms with Crippen LogP contribution < -0.4 is 16.0 Å². The Hall–Kier alpha value is -0.120. The molecule has 0 saturated heterocycles. The zero-order valence-electron chi connectivity index (χ0n) is 8.91. The van der Waals surface area contributed by atoms with E-state index in [0.717, 1.165) is 13.1 Å². The Morgan fingerprint density at radius 1 is 0.727 bits per heavy atom. The van der Waals surface area contributed by atoms with Crippen LogP contribution in [0.4, 0.5) is 0 Å². The van der Waals surface area contributed by atoms with Gasteiger partial charge in [0.15, 0.2) is 0 Å². The summed E-state index contributed by atoms with van der Waals surface area (Å²) in [6.07, 6.45) is 0. The lowest BCUT2D eigenvalue weighted by molar-refractivity contribution is 0.762. The van der Waals surface area contributed by atoms with Gasteiger partial charge in [0.05, 0.1) is 0 Å². The second kappa shape index (κ2) is 32.7. The molecule has 0 amide bonds. The lowest BCUT2D eigenvalue weighted by Crippen LogP contribution is -2.09. The van der Waals surface area contributed by atoms with Crippen molar-refractivity contribution in [3.05, 3.63) is 0 Å². The molecule has 0 fully saturated rings. The van der Waals surface area contributed by atoms with Crippen molar-refractivity contribution in [2.75, 3.05) is 41.3 Å². The van der Waals surface area contributed by atoms with Gasteiger partial charge in [-0.1, -0.05) is 13.8 Å². The summed E-state index contributed by atoms with van der Waals surface area (Å²) in [6, 6.07) is 0. The van der Waals surface area contributed by atoms with Gasteiger partial charge in [-0.2, -0.15) is 0 Å². The highest BCUT2D eigenvalue weighted by Gasteiger charge is 1.62. The Morgan fingerprint density at radius 2 is 0.909 bits per heavy atom. The molecule has 0 heterocycles. The van der Waals surface area contributed by atoms with Crippen LogP contribution >= 0.6 is 0 Å². The summed E-state index contributed by atoms with van der Waals surface area (Å²) in [4.78, 5) is 0. The fourth-order valence-corrected chi connectivity index (χ4v) is 0.250. The van der Waals surface area contributed by atoms with E-state index in [9.17, 15) is 0 Å². The van der Waals surface area contributed by atoms with Gasteiger partial charge >= 0.3 is 0 Å². The molecule has 0 radical (unpaired) electrons. The van der Waals surface area contributed by atoms with E-state index in [1.54, 1.807) is 0 Å². The van der Waals surface area contributed by atoms with Crippen molar-refractivity contribution >= 4 is 0 Å². The van der Waals surface area contributed by atoms with Gasteiger partial charge in [-0.3, -0.25) is 0 Å². The van der Waals surface area contributed by atoms with Crippen LogP contribution in [0.25, 0.3) is 0 Å². The SMILES string of the molecule is CCNCC.CNC.CNC. The molecule has 3 nitrogen and oxygen atoms in total. The lowest BCUT2D eigenvalue weighted by Gasteiger charge is -1.86. The van der Waals surface area contributed by atoms with E-state index in [2.05, 4.69) is 29.8 Å². The summed E-state index contributed by atoms with van der Waals surface area (Å²) < 4.78 is 0. The molecule has 0 atom stereocenters. The van der Waals surface area contributed by atoms with Crippen molar-refractivity contribution in [3.63, 3.8) is 0 Å². The molecule has 3 N–H and O–H groups in total. The normalized spacial score (nSPS) is 7.09. The summed E-state index contributed by atoms with van der Waals surface area (Å²) in [7, 11) is 7.50. The molecular formula is C8H25N3. The number of hydrogen-bond acceptors (Lipinski definition) is 3. The van der Waals surface area contributed by atoms with E-state index < -0.39 is 0 Å². The predicted octanol–water partition coefficient (Wildman–Crippen LogP) is 0.287. The maximum Gasteiger partial charge on any atom is -0.00775 e. The highest BCUT2D eigenvalue weighted by molar-refractivity contribution is 4.27. The van der Waals surface area contributed by atoms with E-state index in [0.29, 0.717) is 0 Å². The Morgan fingerprint density at radius 3 is 0.909 bits per heavy atom. The smallest absolute Gasteiger partial charge is 0.00775 e. The second-order valence-electron chi connectivity index (χ2n) is 1.96. The van der Waals surface area contributed by atoms with Crippen LogP contribution in [-0.4, -0.2) is 41.3 Å². The van der Waals surface area contributed by atoms with Crippen LogP contribution in [0.2, 0.25) is 0 Å². The molecule has 0 aliphatic carbocycles. The molecule has 11 heavy (non-hydrogen) atoms. The Kier molecular flexibility index (Phi) is 50.9. The monoisotopic (exact) mass is 163 g/mol. The number of rotatable bonds is 2. The van der Waals surface area contributed by atoms with Crippen molar-refractivity contribution in [2.24, 2.45) is 0 Å². The molecule has 72 valence electrons. The van der Waals surface area contributed by atoms with Crippen LogP contribution in [0.1, 0.15) is 13.8 Å². The predicted molar refractivity (Wildman–Crippen MR) is 54.2 cm³/mol. The minimum Gasteiger partial charge on any atom is -0.323 e. The summed E-state index contributed by atoms with van der Waals surface area (Å²) in [5.74, 6) is 0. The molecule has 3 heteroatoms. The van der Waals surface area contributed by atoms with Gasteiger partial charge in [0.2, 0.25) is 0 Å². The number of nitrogens with one attached hydrogen (secondary N) is 3. The molecular weight excluding hydrogens is 138 g/mol. The first-order valence-corrected chi connectivity index (χ1v) is 4.12. The third kappa shape index (κ3) is 174. The average Bonchev–Trinajstić information content (AvgIpc) is 1.92. The molecule has 0 aliphatic rings. The van der Waals surface area contributed by atoms with Gasteiger partial charge in [-0.15, -0.1) is 0 Å². The molecule has 0 spiro atoms. The van der Waals surface area contributed by atoms with Gasteiger partial charge in [-0.05, 0) is 41.3 Å². The molecule has 0 unspecified atom stereocenters. The van der Waals surface area contributed by atoms with Crippen LogP contribution in [0.15, 0.2) is 0 Å². The minimum atomic E-state index is 1.09. The lowest BCUT2D eigenvalue weighted by atomic mass is 10.7. The van der Waals surface area contributed by atoms with Crippen molar-refractivity contribution in [1.82, 2.24) is 16.0 Å². The second-order valence-corrected chi connectivity index (χ2v) is 1.96. The average molecular weight is 163 g/mol. The van der Waals surface area contributed by atoms with E-state index in [1.165, 1.54) is 0 Å². The van der Waals surface area contributed by atoms with E-state index in [1.807, 2.05) is 28.2 Å². The van der Waals surface area contributed by atoms with Gasteiger partial charge in [-0.25, -0.2) is 0 Å². The molecule has 0 aromatic rings. The summed E-state index contributed by atoms with van der Waals surface area (Å²) >= 11 is 0. The van der Waals surface area contributed by atoms with Gasteiger partial charge in [0.1, 0.15) is 0 Å². The number of hydrogen-bond donors (Lipinski definition) is 3. The summed E-state index contributed by atoms with van der Waals surface area (Å²) in [6.45, 7) is 6.39. The standard InChI is InChI=1S/C4H11N.2C2H7N/c1-3-5-4-2;2*1-3-2/h5H,3-4H2,1-2H3;2*3H,1-2H3. The van der Waals surface area contributed by atoms with E-state index in [4.69, 9.17) is 0 Å².